The Morgan fingerprint density at radius 3 is 2.93 bits per heavy atom. The number of hydrogen-bond donors (Lipinski definition) is 1. The fourth-order valence-electron chi connectivity index (χ4n) is 1.35. The fourth-order valence-corrected chi connectivity index (χ4v) is 1.52. The van der Waals surface area contributed by atoms with Crippen molar-refractivity contribution in [1.29, 1.82) is 0 Å². The van der Waals surface area contributed by atoms with E-state index in [1.165, 1.54) is 0 Å². The first-order valence-electron chi connectivity index (χ1n) is 4.28. The highest BCUT2D eigenvalue weighted by Gasteiger charge is 2.03. The molecule has 0 bridgehead atoms. The van der Waals surface area contributed by atoms with Crippen LogP contribution in [0, 0.1) is 0 Å². The van der Waals surface area contributed by atoms with Crippen LogP contribution in [0.5, 0.6) is 0 Å². The number of nitrogens with two attached hydrogens (primary N) is 1. The topological polar surface area (TPSA) is 43.8 Å². The molecule has 1 aromatic heterocycles. The Hall–Kier alpha value is -1.32. The van der Waals surface area contributed by atoms with Crippen LogP contribution in [-0.2, 0) is 6.54 Å². The monoisotopic (exact) mass is 207 g/mol. The molecule has 0 spiro atoms. The maximum atomic E-state index is 5.92. The Morgan fingerprint density at radius 1 is 1.43 bits per heavy atom. The summed E-state index contributed by atoms with van der Waals surface area (Å²) in [4.78, 5) is 3.98. The zero-order valence-electron chi connectivity index (χ0n) is 7.52. The lowest BCUT2D eigenvalue weighted by atomic mass is 10.2. The van der Waals surface area contributed by atoms with E-state index in [9.17, 15) is 0 Å². The van der Waals surface area contributed by atoms with Crippen molar-refractivity contribution >= 4 is 11.6 Å². The minimum absolute atomic E-state index is 0.491. The molecular weight excluding hydrogens is 198 g/mol. The lowest BCUT2D eigenvalue weighted by Crippen LogP contribution is -2.03. The van der Waals surface area contributed by atoms with Crippen LogP contribution in [0.15, 0.2) is 36.9 Å². The molecule has 72 valence electrons. The highest BCUT2D eigenvalue weighted by molar-refractivity contribution is 6.30. The van der Waals surface area contributed by atoms with Crippen LogP contribution in [0.1, 0.15) is 5.56 Å². The molecule has 2 aromatic rings. The first kappa shape index (κ1) is 9.24. The Balaban J connectivity index is 2.55. The number of rotatable bonds is 2. The molecule has 1 heterocycles. The number of benzene rings is 1. The summed E-state index contributed by atoms with van der Waals surface area (Å²) in [6.45, 7) is 0.491. The van der Waals surface area contributed by atoms with E-state index in [0.29, 0.717) is 11.6 Å². The lowest BCUT2D eigenvalue weighted by Gasteiger charge is -2.08. The van der Waals surface area contributed by atoms with E-state index in [4.69, 9.17) is 17.3 Å². The summed E-state index contributed by atoms with van der Waals surface area (Å²) in [6, 6.07) is 5.65. The van der Waals surface area contributed by atoms with Gasteiger partial charge < -0.3 is 10.3 Å². The van der Waals surface area contributed by atoms with Gasteiger partial charge in [-0.15, -0.1) is 0 Å². The second-order valence-corrected chi connectivity index (χ2v) is 3.38. The Kier molecular flexibility index (Phi) is 2.52. The molecular formula is C10H10ClN3. The maximum Gasteiger partial charge on any atom is 0.0991 e. The minimum Gasteiger partial charge on any atom is -0.326 e. The van der Waals surface area contributed by atoms with Crippen LogP contribution in [0.2, 0.25) is 5.02 Å². The molecule has 0 amide bonds. The van der Waals surface area contributed by atoms with Crippen LogP contribution in [0.4, 0.5) is 0 Å². The minimum atomic E-state index is 0.491. The van der Waals surface area contributed by atoms with Crippen molar-refractivity contribution in [2.24, 2.45) is 5.73 Å². The highest BCUT2D eigenvalue weighted by Crippen LogP contribution is 2.19. The van der Waals surface area contributed by atoms with Gasteiger partial charge in [-0.3, -0.25) is 0 Å². The summed E-state index contributed by atoms with van der Waals surface area (Å²) in [6.07, 6.45) is 5.32. The summed E-state index contributed by atoms with van der Waals surface area (Å²) in [5.74, 6) is 0. The molecule has 3 nitrogen and oxygen atoms in total. The van der Waals surface area contributed by atoms with E-state index in [1.807, 2.05) is 29.0 Å². The van der Waals surface area contributed by atoms with Gasteiger partial charge >= 0.3 is 0 Å². The molecule has 2 N–H and O–H groups in total. The van der Waals surface area contributed by atoms with Crippen molar-refractivity contribution in [3.05, 3.63) is 47.5 Å². The average molecular weight is 208 g/mol. The van der Waals surface area contributed by atoms with Gasteiger partial charge in [-0.25, -0.2) is 4.98 Å². The van der Waals surface area contributed by atoms with Crippen molar-refractivity contribution in [2.75, 3.05) is 0 Å². The molecule has 2 rings (SSSR count). The van der Waals surface area contributed by atoms with Gasteiger partial charge in [-0.2, -0.15) is 0 Å². The number of hydrogen-bond acceptors (Lipinski definition) is 2. The number of nitrogens with zero attached hydrogens (tertiary/aromatic N) is 2. The quantitative estimate of drug-likeness (QED) is 0.819. The van der Waals surface area contributed by atoms with E-state index < -0.39 is 0 Å². The van der Waals surface area contributed by atoms with Gasteiger partial charge in [0.1, 0.15) is 0 Å². The molecule has 0 atom stereocenters. The second kappa shape index (κ2) is 3.82. The third-order valence-corrected chi connectivity index (χ3v) is 2.28. The molecule has 1 aromatic carbocycles. The maximum absolute atomic E-state index is 5.92. The first-order chi connectivity index (χ1) is 6.81. The zero-order valence-corrected chi connectivity index (χ0v) is 8.28. The van der Waals surface area contributed by atoms with Gasteiger partial charge in [0.15, 0.2) is 0 Å². The van der Waals surface area contributed by atoms with Crippen LogP contribution in [0.3, 0.4) is 0 Å². The normalized spacial score (nSPS) is 10.4. The summed E-state index contributed by atoms with van der Waals surface area (Å²) in [5, 5.41) is 0.700. The van der Waals surface area contributed by atoms with Crippen LogP contribution in [0.25, 0.3) is 5.69 Å². The van der Waals surface area contributed by atoms with Crippen molar-refractivity contribution in [3.63, 3.8) is 0 Å². The first-order valence-corrected chi connectivity index (χ1v) is 4.66. The second-order valence-electron chi connectivity index (χ2n) is 2.95. The SMILES string of the molecule is NCc1ccc(Cl)cc1-n1ccnc1. The van der Waals surface area contributed by atoms with Gasteiger partial charge in [0.25, 0.3) is 0 Å². The Morgan fingerprint density at radius 2 is 2.29 bits per heavy atom. The van der Waals surface area contributed by atoms with Crippen molar-refractivity contribution in [3.8, 4) is 5.69 Å². The van der Waals surface area contributed by atoms with Gasteiger partial charge in [0.2, 0.25) is 0 Å². The summed E-state index contributed by atoms with van der Waals surface area (Å²) in [7, 11) is 0. The summed E-state index contributed by atoms with van der Waals surface area (Å²) < 4.78 is 1.90. The van der Waals surface area contributed by atoms with E-state index >= 15 is 0 Å². The van der Waals surface area contributed by atoms with E-state index in [1.54, 1.807) is 12.5 Å². The van der Waals surface area contributed by atoms with Crippen LogP contribution < -0.4 is 5.73 Å². The molecule has 14 heavy (non-hydrogen) atoms. The van der Waals surface area contributed by atoms with Crippen LogP contribution in [-0.4, -0.2) is 9.55 Å². The zero-order chi connectivity index (χ0) is 9.97. The van der Waals surface area contributed by atoms with Crippen molar-refractivity contribution in [1.82, 2.24) is 9.55 Å². The largest absolute Gasteiger partial charge is 0.326 e. The molecule has 0 radical (unpaired) electrons. The van der Waals surface area contributed by atoms with Crippen LogP contribution >= 0.6 is 11.6 Å². The molecule has 0 aliphatic heterocycles. The average Bonchev–Trinajstić information content (AvgIpc) is 2.70. The lowest BCUT2D eigenvalue weighted by molar-refractivity contribution is 0.983. The van der Waals surface area contributed by atoms with Gasteiger partial charge in [0, 0.05) is 24.0 Å². The molecule has 0 aliphatic rings. The fraction of sp³-hybridized carbons (Fsp3) is 0.100. The predicted octanol–water partition coefficient (Wildman–Crippen LogP) is 1.98. The predicted molar refractivity (Wildman–Crippen MR) is 56.5 cm³/mol. The molecule has 0 aliphatic carbocycles. The standard InChI is InChI=1S/C10H10ClN3/c11-9-2-1-8(6-12)10(5-9)14-4-3-13-7-14/h1-5,7H,6,12H2. The number of halogens is 1. The van der Waals surface area contributed by atoms with Crippen molar-refractivity contribution in [2.45, 2.75) is 6.54 Å². The Bertz CT molecular complexity index is 423. The molecule has 0 unspecified atom stereocenters. The van der Waals surface area contributed by atoms with Gasteiger partial charge in [-0.05, 0) is 17.7 Å². The van der Waals surface area contributed by atoms with E-state index in [0.717, 1.165) is 11.3 Å². The third-order valence-electron chi connectivity index (χ3n) is 2.05. The summed E-state index contributed by atoms with van der Waals surface area (Å²) in [5.41, 5.74) is 7.66. The molecule has 0 saturated heterocycles. The van der Waals surface area contributed by atoms with Gasteiger partial charge in [-0.1, -0.05) is 17.7 Å². The Labute approximate surface area is 87.1 Å². The van der Waals surface area contributed by atoms with E-state index in [-0.39, 0.29) is 0 Å². The molecule has 0 saturated carbocycles. The van der Waals surface area contributed by atoms with E-state index in [2.05, 4.69) is 4.98 Å². The third kappa shape index (κ3) is 1.64. The number of imidazole rings is 1. The van der Waals surface area contributed by atoms with Crippen molar-refractivity contribution < 1.29 is 0 Å². The highest BCUT2D eigenvalue weighted by atomic mass is 35.5. The molecule has 0 fully saturated rings. The summed E-state index contributed by atoms with van der Waals surface area (Å²) >= 11 is 5.92. The smallest absolute Gasteiger partial charge is 0.0991 e. The number of aromatic nitrogens is 2. The van der Waals surface area contributed by atoms with Gasteiger partial charge in [0.05, 0.1) is 12.0 Å². The molecule has 4 heteroatoms.